The van der Waals surface area contributed by atoms with Crippen LogP contribution in [0, 0.1) is 0 Å². The van der Waals surface area contributed by atoms with Gasteiger partial charge < -0.3 is 4.98 Å². The molecule has 0 spiro atoms. The Kier molecular flexibility index (Phi) is 3.03. The molecular formula is C16H16ClN3O2. The van der Waals surface area contributed by atoms with Crippen LogP contribution in [0.3, 0.4) is 0 Å². The van der Waals surface area contributed by atoms with E-state index in [0.29, 0.717) is 6.54 Å². The highest BCUT2D eigenvalue weighted by atomic mass is 35.5. The Morgan fingerprint density at radius 1 is 1.32 bits per heavy atom. The van der Waals surface area contributed by atoms with Gasteiger partial charge in [-0.25, -0.2) is 0 Å². The molecule has 1 N–H and O–H groups in total. The number of carbonyl (C=O) groups excluding carboxylic acids is 2. The van der Waals surface area contributed by atoms with Crippen LogP contribution in [0.1, 0.15) is 17.7 Å². The fourth-order valence-electron chi connectivity index (χ4n) is 3.52. The van der Waals surface area contributed by atoms with Crippen LogP contribution in [-0.4, -0.2) is 46.2 Å². The van der Waals surface area contributed by atoms with E-state index in [1.807, 2.05) is 18.2 Å². The van der Waals surface area contributed by atoms with E-state index in [9.17, 15) is 9.59 Å². The summed E-state index contributed by atoms with van der Waals surface area (Å²) in [5, 5.41) is 1.89. The topological polar surface area (TPSA) is 56.4 Å². The van der Waals surface area contributed by atoms with E-state index < -0.39 is 0 Å². The van der Waals surface area contributed by atoms with Crippen LogP contribution in [0.4, 0.5) is 0 Å². The molecule has 2 amide bonds. The second-order valence-electron chi connectivity index (χ2n) is 6.00. The summed E-state index contributed by atoms with van der Waals surface area (Å²) in [6, 6.07) is 5.52. The number of hydrogen-bond acceptors (Lipinski definition) is 3. The maximum Gasteiger partial charge on any atom is 0.246 e. The summed E-state index contributed by atoms with van der Waals surface area (Å²) < 4.78 is 0. The molecule has 0 bridgehead atoms. The van der Waals surface area contributed by atoms with Crippen molar-refractivity contribution in [3.8, 4) is 0 Å². The zero-order valence-electron chi connectivity index (χ0n) is 12.2. The number of hydrogen-bond donors (Lipinski definition) is 1. The first kappa shape index (κ1) is 13.8. The Labute approximate surface area is 132 Å². The minimum Gasteiger partial charge on any atom is -0.357 e. The van der Waals surface area contributed by atoms with E-state index in [4.69, 9.17) is 11.6 Å². The molecule has 1 unspecified atom stereocenters. The lowest BCUT2D eigenvalue weighted by Crippen LogP contribution is -2.43. The van der Waals surface area contributed by atoms with Gasteiger partial charge in [-0.1, -0.05) is 11.6 Å². The van der Waals surface area contributed by atoms with Crippen LogP contribution in [0.5, 0.6) is 0 Å². The van der Waals surface area contributed by atoms with Crippen molar-refractivity contribution in [2.75, 3.05) is 13.6 Å². The third-order valence-corrected chi connectivity index (χ3v) is 5.00. The van der Waals surface area contributed by atoms with Gasteiger partial charge in [-0.05, 0) is 30.2 Å². The molecule has 114 valence electrons. The van der Waals surface area contributed by atoms with Crippen LogP contribution in [0.2, 0.25) is 5.02 Å². The smallest absolute Gasteiger partial charge is 0.246 e. The van der Waals surface area contributed by atoms with E-state index in [1.54, 1.807) is 7.05 Å². The lowest BCUT2D eigenvalue weighted by atomic mass is 10.0. The van der Waals surface area contributed by atoms with Gasteiger partial charge in [-0.3, -0.25) is 19.4 Å². The van der Waals surface area contributed by atoms with Crippen molar-refractivity contribution in [2.24, 2.45) is 0 Å². The molecule has 1 fully saturated rings. The van der Waals surface area contributed by atoms with Gasteiger partial charge in [0.1, 0.15) is 0 Å². The third-order valence-electron chi connectivity index (χ3n) is 4.77. The van der Waals surface area contributed by atoms with Crippen molar-refractivity contribution < 1.29 is 9.59 Å². The minimum absolute atomic E-state index is 0.0902. The molecule has 4 rings (SSSR count). The largest absolute Gasteiger partial charge is 0.357 e. The zero-order chi connectivity index (χ0) is 15.4. The van der Waals surface area contributed by atoms with Gasteiger partial charge in [0.25, 0.3) is 0 Å². The first-order valence-electron chi connectivity index (χ1n) is 7.38. The Morgan fingerprint density at radius 3 is 2.86 bits per heavy atom. The van der Waals surface area contributed by atoms with Crippen molar-refractivity contribution in [3.63, 3.8) is 0 Å². The predicted octanol–water partition coefficient (Wildman–Crippen LogP) is 1.94. The van der Waals surface area contributed by atoms with Crippen molar-refractivity contribution in [1.82, 2.24) is 14.8 Å². The first-order chi connectivity index (χ1) is 10.5. The lowest BCUT2D eigenvalue weighted by Gasteiger charge is -2.30. The molecule has 1 atom stereocenters. The summed E-state index contributed by atoms with van der Waals surface area (Å²) in [6.07, 6.45) is 1.15. The number of halogens is 1. The first-order valence-corrected chi connectivity index (χ1v) is 7.76. The van der Waals surface area contributed by atoms with Gasteiger partial charge >= 0.3 is 0 Å². The average molecular weight is 318 g/mol. The summed E-state index contributed by atoms with van der Waals surface area (Å²) in [7, 11) is 1.56. The van der Waals surface area contributed by atoms with E-state index in [0.717, 1.165) is 34.6 Å². The SMILES string of the molecule is CN1C(=O)CC(N2CCc3c([nH]c4ccc(Cl)cc34)C2)C1=O. The summed E-state index contributed by atoms with van der Waals surface area (Å²) >= 11 is 6.09. The van der Waals surface area contributed by atoms with Gasteiger partial charge in [0.2, 0.25) is 11.8 Å². The molecule has 0 saturated carbocycles. The Balaban J connectivity index is 1.66. The number of rotatable bonds is 1. The maximum atomic E-state index is 12.2. The summed E-state index contributed by atoms with van der Waals surface area (Å²) in [5.41, 5.74) is 3.47. The number of benzene rings is 1. The summed E-state index contributed by atoms with van der Waals surface area (Å²) in [6.45, 7) is 1.45. The number of aromatic amines is 1. The fourth-order valence-corrected chi connectivity index (χ4v) is 3.69. The standard InChI is InChI=1S/C16H16ClN3O2/c1-19-15(21)7-14(16(19)22)20-5-4-10-11-6-9(17)2-3-12(11)18-13(10)8-20/h2-3,6,14,18H,4-5,7-8H2,1H3. The maximum absolute atomic E-state index is 12.2. The van der Waals surface area contributed by atoms with E-state index >= 15 is 0 Å². The van der Waals surface area contributed by atoms with Crippen LogP contribution in [-0.2, 0) is 22.6 Å². The number of likely N-dealkylation sites (tertiary alicyclic amines) is 1. The number of fused-ring (bicyclic) bond motifs is 3. The molecule has 3 heterocycles. The lowest BCUT2D eigenvalue weighted by molar-refractivity contribution is -0.138. The third kappa shape index (κ3) is 1.96. The molecule has 6 heteroatoms. The molecule has 22 heavy (non-hydrogen) atoms. The second kappa shape index (κ2) is 4.83. The van der Waals surface area contributed by atoms with E-state index in [1.165, 1.54) is 10.5 Å². The number of carbonyl (C=O) groups is 2. The number of likely N-dealkylation sites (N-methyl/N-ethyl adjacent to an activating group) is 1. The zero-order valence-corrected chi connectivity index (χ0v) is 13.0. The number of amides is 2. The summed E-state index contributed by atoms with van der Waals surface area (Å²) in [4.78, 5) is 30.7. The van der Waals surface area contributed by atoms with Crippen molar-refractivity contribution >= 4 is 34.3 Å². The number of nitrogens with zero attached hydrogens (tertiary/aromatic N) is 2. The number of imide groups is 1. The molecule has 1 aromatic carbocycles. The molecule has 2 aliphatic heterocycles. The van der Waals surface area contributed by atoms with Crippen LogP contribution in [0.15, 0.2) is 18.2 Å². The van der Waals surface area contributed by atoms with Crippen LogP contribution >= 0.6 is 11.6 Å². The van der Waals surface area contributed by atoms with E-state index in [-0.39, 0.29) is 24.3 Å². The molecule has 1 saturated heterocycles. The molecule has 0 aliphatic carbocycles. The normalized spacial score (nSPS) is 22.6. The van der Waals surface area contributed by atoms with Crippen molar-refractivity contribution in [1.29, 1.82) is 0 Å². The monoisotopic (exact) mass is 317 g/mol. The van der Waals surface area contributed by atoms with E-state index in [2.05, 4.69) is 9.88 Å². The molecule has 2 aliphatic rings. The Bertz CT molecular complexity index is 798. The van der Waals surface area contributed by atoms with Gasteiger partial charge in [-0.15, -0.1) is 0 Å². The van der Waals surface area contributed by atoms with Gasteiger partial charge in [0.15, 0.2) is 0 Å². The quantitative estimate of drug-likeness (QED) is 0.818. The average Bonchev–Trinajstić information content (AvgIpc) is 2.99. The summed E-state index contributed by atoms with van der Waals surface area (Å²) in [5.74, 6) is -0.183. The Morgan fingerprint density at radius 2 is 2.14 bits per heavy atom. The molecule has 5 nitrogen and oxygen atoms in total. The molecule has 0 radical (unpaired) electrons. The molecular weight excluding hydrogens is 302 g/mol. The second-order valence-corrected chi connectivity index (χ2v) is 6.44. The van der Waals surface area contributed by atoms with Gasteiger partial charge in [-0.2, -0.15) is 0 Å². The van der Waals surface area contributed by atoms with Gasteiger partial charge in [0.05, 0.1) is 12.5 Å². The fraction of sp³-hybridized carbons (Fsp3) is 0.375. The minimum atomic E-state index is -0.319. The predicted molar refractivity (Wildman–Crippen MR) is 83.6 cm³/mol. The molecule has 2 aromatic rings. The van der Waals surface area contributed by atoms with Crippen LogP contribution < -0.4 is 0 Å². The van der Waals surface area contributed by atoms with Gasteiger partial charge in [0, 0.05) is 41.8 Å². The highest BCUT2D eigenvalue weighted by Gasteiger charge is 2.41. The number of nitrogens with one attached hydrogen (secondary N) is 1. The molecule has 1 aromatic heterocycles. The van der Waals surface area contributed by atoms with Crippen LogP contribution in [0.25, 0.3) is 10.9 Å². The number of H-pyrrole nitrogens is 1. The van der Waals surface area contributed by atoms with Crippen molar-refractivity contribution in [3.05, 3.63) is 34.5 Å². The Hall–Kier alpha value is -1.85. The highest BCUT2D eigenvalue weighted by molar-refractivity contribution is 6.31. The van der Waals surface area contributed by atoms with Crippen molar-refractivity contribution in [2.45, 2.75) is 25.4 Å². The number of aromatic nitrogens is 1. The highest BCUT2D eigenvalue weighted by Crippen LogP contribution is 2.31.